The number of nitrogens with zero attached hydrogens (tertiary/aromatic N) is 1. The molecule has 1 amide bonds. The molecule has 0 radical (unpaired) electrons. The van der Waals surface area contributed by atoms with E-state index in [2.05, 4.69) is 10.1 Å². The Morgan fingerprint density at radius 3 is 1.86 bits per heavy atom. The molecule has 0 bridgehead atoms. The first-order valence-electron chi connectivity index (χ1n) is 13.4. The van der Waals surface area contributed by atoms with E-state index >= 15 is 4.39 Å². The molecule has 0 aliphatic rings. The van der Waals surface area contributed by atoms with Crippen molar-refractivity contribution in [2.45, 2.75) is 36.8 Å². The van der Waals surface area contributed by atoms with Crippen LogP contribution in [-0.4, -0.2) is 18.4 Å². The second-order valence-corrected chi connectivity index (χ2v) is 10.4. The van der Waals surface area contributed by atoms with E-state index in [9.17, 15) is 57.5 Å². The van der Waals surface area contributed by atoms with Gasteiger partial charge >= 0.3 is 24.9 Å². The average molecular weight is 708 g/mol. The Balaban J connectivity index is 2.07. The van der Waals surface area contributed by atoms with Crippen molar-refractivity contribution < 1.29 is 66.6 Å². The zero-order valence-electron chi connectivity index (χ0n) is 24.0. The van der Waals surface area contributed by atoms with E-state index in [1.54, 1.807) is 6.07 Å². The summed E-state index contributed by atoms with van der Waals surface area (Å²) in [4.78, 5) is 13.6. The first-order chi connectivity index (χ1) is 22.7. The third kappa shape index (κ3) is 8.07. The summed E-state index contributed by atoms with van der Waals surface area (Å²) >= 11 is 0. The van der Waals surface area contributed by atoms with Crippen LogP contribution in [0.2, 0.25) is 0 Å². The zero-order valence-corrected chi connectivity index (χ0v) is 24.0. The molecule has 4 nitrogen and oxygen atoms in total. The quantitative estimate of drug-likeness (QED) is 0.177. The number of hydrogen-bond donors (Lipinski definition) is 1. The molecule has 0 saturated carbocycles. The van der Waals surface area contributed by atoms with Gasteiger partial charge in [-0.05, 0) is 71.3 Å². The lowest BCUT2D eigenvalue weighted by atomic mass is 9.76. The topological polar surface area (TPSA) is 62.1 Å². The molecule has 0 spiro atoms. The SMILES string of the molecule is N#Cc1ccc(C[C@](NC(=O)c2ccc(F)c(C(F)(F)F)c2)(c2cc(F)cc(OC(F)(F)C(F)F)c2)c2ccc(F)c(C(F)(F)F)c2)cc1. The number of benzene rings is 4. The van der Waals surface area contributed by atoms with Crippen LogP contribution in [0.25, 0.3) is 0 Å². The van der Waals surface area contributed by atoms with Crippen molar-refractivity contribution >= 4 is 5.91 Å². The summed E-state index contributed by atoms with van der Waals surface area (Å²) in [7, 11) is 0. The zero-order chi connectivity index (χ0) is 36.5. The predicted molar refractivity (Wildman–Crippen MR) is 144 cm³/mol. The summed E-state index contributed by atoms with van der Waals surface area (Å²) < 4.78 is 183. The van der Waals surface area contributed by atoms with Gasteiger partial charge < -0.3 is 10.1 Å². The number of hydrogen-bond acceptors (Lipinski definition) is 3. The lowest BCUT2D eigenvalue weighted by Gasteiger charge is -2.37. The fraction of sp³-hybridized carbons (Fsp3) is 0.188. The van der Waals surface area contributed by atoms with Gasteiger partial charge in [0.1, 0.15) is 23.2 Å². The molecule has 0 aromatic heterocycles. The van der Waals surface area contributed by atoms with E-state index in [1.165, 1.54) is 24.3 Å². The molecule has 0 aliphatic heterocycles. The lowest BCUT2D eigenvalue weighted by molar-refractivity contribution is -0.253. The molecule has 0 aliphatic carbocycles. The normalized spacial score (nSPS) is 13.5. The average Bonchev–Trinajstić information content (AvgIpc) is 2.99. The summed E-state index contributed by atoms with van der Waals surface area (Å²) in [5.74, 6) is -8.11. The molecule has 0 saturated heterocycles. The number of amides is 1. The van der Waals surface area contributed by atoms with Gasteiger partial charge in [0.2, 0.25) is 0 Å². The van der Waals surface area contributed by atoms with Crippen LogP contribution in [0.1, 0.15) is 43.7 Å². The van der Waals surface area contributed by atoms with Crippen molar-refractivity contribution in [2.75, 3.05) is 0 Å². The lowest BCUT2D eigenvalue weighted by Crippen LogP contribution is -2.49. The number of nitrogens with one attached hydrogen (secondary N) is 1. The molecule has 4 aromatic carbocycles. The Morgan fingerprint density at radius 1 is 0.735 bits per heavy atom. The maximum atomic E-state index is 15.0. The van der Waals surface area contributed by atoms with Crippen LogP contribution < -0.4 is 10.1 Å². The van der Waals surface area contributed by atoms with E-state index < -0.39 is 93.8 Å². The summed E-state index contributed by atoms with van der Waals surface area (Å²) in [6, 6.07) is 9.54. The summed E-state index contributed by atoms with van der Waals surface area (Å²) in [5, 5.41) is 11.3. The number of ether oxygens (including phenoxy) is 1. The predicted octanol–water partition coefficient (Wildman–Crippen LogP) is 9.17. The highest BCUT2D eigenvalue weighted by atomic mass is 19.4. The minimum absolute atomic E-state index is 0.00286. The summed E-state index contributed by atoms with van der Waals surface area (Å²) in [5.41, 5.74) is -9.08. The number of halogens is 13. The summed E-state index contributed by atoms with van der Waals surface area (Å²) in [6.45, 7) is 0. The minimum Gasteiger partial charge on any atom is -0.428 e. The van der Waals surface area contributed by atoms with Gasteiger partial charge in [-0.1, -0.05) is 18.2 Å². The van der Waals surface area contributed by atoms with Crippen LogP contribution in [0.4, 0.5) is 57.1 Å². The first kappa shape index (κ1) is 36.6. The van der Waals surface area contributed by atoms with Crippen LogP contribution in [0.5, 0.6) is 5.75 Å². The second kappa shape index (κ2) is 13.3. The van der Waals surface area contributed by atoms with Crippen LogP contribution in [-0.2, 0) is 24.3 Å². The Kier molecular flexibility index (Phi) is 9.94. The fourth-order valence-corrected chi connectivity index (χ4v) is 4.79. The third-order valence-corrected chi connectivity index (χ3v) is 7.05. The molecule has 258 valence electrons. The first-order valence-corrected chi connectivity index (χ1v) is 13.4. The Labute approximate surface area is 267 Å². The minimum atomic E-state index is -5.42. The van der Waals surface area contributed by atoms with Gasteiger partial charge in [0.25, 0.3) is 5.91 Å². The fourth-order valence-electron chi connectivity index (χ4n) is 4.79. The van der Waals surface area contributed by atoms with Gasteiger partial charge in [-0.3, -0.25) is 4.79 Å². The standard InChI is InChI=1S/C32H17F13N2O2/c33-21-10-20(11-22(13-21)49-32(44,45)28(36)37)29(14-16-1-3-17(15-46)4-2-16,19-6-8-26(35)24(12-19)31(41,42)43)47-27(48)18-5-7-25(34)23(9-18)30(38,39)40/h1-13,28H,14H2,(H,47,48)/t29-/m1/s1. The van der Waals surface area contributed by atoms with Crippen molar-refractivity contribution in [3.8, 4) is 11.8 Å². The van der Waals surface area contributed by atoms with Crippen LogP contribution in [0.3, 0.4) is 0 Å². The number of rotatable bonds is 9. The van der Waals surface area contributed by atoms with Crippen LogP contribution >= 0.6 is 0 Å². The van der Waals surface area contributed by atoms with E-state index in [0.717, 1.165) is 0 Å². The molecule has 49 heavy (non-hydrogen) atoms. The van der Waals surface area contributed by atoms with Gasteiger partial charge in [-0.25, -0.2) is 13.2 Å². The molecule has 1 atom stereocenters. The van der Waals surface area contributed by atoms with Gasteiger partial charge in [-0.2, -0.15) is 49.2 Å². The van der Waals surface area contributed by atoms with E-state index in [0.29, 0.717) is 24.3 Å². The highest BCUT2D eigenvalue weighted by molar-refractivity contribution is 5.95. The van der Waals surface area contributed by atoms with Crippen molar-refractivity contribution in [3.05, 3.63) is 135 Å². The largest absolute Gasteiger partial charge is 0.461 e. The van der Waals surface area contributed by atoms with Gasteiger partial charge in [-0.15, -0.1) is 0 Å². The number of nitriles is 1. The highest BCUT2D eigenvalue weighted by Crippen LogP contribution is 2.41. The smallest absolute Gasteiger partial charge is 0.428 e. The molecule has 4 aromatic rings. The third-order valence-electron chi connectivity index (χ3n) is 7.05. The highest BCUT2D eigenvalue weighted by Gasteiger charge is 2.45. The maximum absolute atomic E-state index is 15.0. The van der Waals surface area contributed by atoms with E-state index in [4.69, 9.17) is 5.26 Å². The molecular weight excluding hydrogens is 691 g/mol. The molecule has 17 heteroatoms. The van der Waals surface area contributed by atoms with Crippen molar-refractivity contribution in [1.82, 2.24) is 5.32 Å². The van der Waals surface area contributed by atoms with Crippen LogP contribution in [0, 0.1) is 28.8 Å². The Bertz CT molecular complexity index is 1900. The molecule has 0 unspecified atom stereocenters. The molecule has 1 N–H and O–H groups in total. The molecular formula is C32H17F13N2O2. The van der Waals surface area contributed by atoms with Crippen molar-refractivity contribution in [1.29, 1.82) is 5.26 Å². The second-order valence-electron chi connectivity index (χ2n) is 10.4. The van der Waals surface area contributed by atoms with Crippen molar-refractivity contribution in [2.24, 2.45) is 0 Å². The van der Waals surface area contributed by atoms with Crippen molar-refractivity contribution in [3.63, 3.8) is 0 Å². The molecule has 4 rings (SSSR count). The van der Waals surface area contributed by atoms with Gasteiger partial charge in [0.05, 0.1) is 28.3 Å². The summed E-state index contributed by atoms with van der Waals surface area (Å²) in [6.07, 6.45) is -21.3. The number of carbonyl (C=O) groups is 1. The molecule has 0 heterocycles. The van der Waals surface area contributed by atoms with Gasteiger partial charge in [0.15, 0.2) is 0 Å². The van der Waals surface area contributed by atoms with E-state index in [1.807, 2.05) is 0 Å². The van der Waals surface area contributed by atoms with E-state index in [-0.39, 0.29) is 41.5 Å². The number of alkyl halides is 10. The Morgan fingerprint density at radius 2 is 1.31 bits per heavy atom. The molecule has 0 fully saturated rings. The van der Waals surface area contributed by atoms with Crippen LogP contribution in [0.15, 0.2) is 78.9 Å². The monoisotopic (exact) mass is 708 g/mol. The maximum Gasteiger partial charge on any atom is 0.461 e. The Hall–Kier alpha value is -5.27. The van der Waals surface area contributed by atoms with Gasteiger partial charge in [0, 0.05) is 18.1 Å². The number of carbonyl (C=O) groups excluding carboxylic acids is 1.